The zero-order valence-electron chi connectivity index (χ0n) is 10.5. The fourth-order valence-electron chi connectivity index (χ4n) is 1.78. The number of phenols is 1. The lowest BCUT2D eigenvalue weighted by Gasteiger charge is -2.04. The molecular formula is C14H8Cl2N4O. The second-order valence-corrected chi connectivity index (χ2v) is 4.95. The maximum atomic E-state index is 9.58. The molecule has 104 valence electrons. The van der Waals surface area contributed by atoms with Crippen molar-refractivity contribution >= 4 is 23.2 Å². The van der Waals surface area contributed by atoms with E-state index in [-0.39, 0.29) is 16.6 Å². The fourth-order valence-corrected chi connectivity index (χ4v) is 2.21. The number of halogens is 2. The number of rotatable bonds is 2. The van der Waals surface area contributed by atoms with Crippen LogP contribution in [-0.4, -0.2) is 25.5 Å². The fraction of sp³-hybridized carbons (Fsp3) is 0. The van der Waals surface area contributed by atoms with Gasteiger partial charge in [-0.2, -0.15) is 0 Å². The van der Waals surface area contributed by atoms with Gasteiger partial charge >= 0.3 is 0 Å². The van der Waals surface area contributed by atoms with Crippen LogP contribution < -0.4 is 0 Å². The third-order valence-electron chi connectivity index (χ3n) is 2.81. The molecule has 3 rings (SSSR count). The van der Waals surface area contributed by atoms with Crippen molar-refractivity contribution < 1.29 is 5.11 Å². The summed E-state index contributed by atoms with van der Waals surface area (Å²) in [6.07, 6.45) is 0. The van der Waals surface area contributed by atoms with Gasteiger partial charge in [0.15, 0.2) is 0 Å². The Morgan fingerprint density at radius 3 is 1.95 bits per heavy atom. The molecule has 2 aromatic carbocycles. The van der Waals surface area contributed by atoms with E-state index >= 15 is 0 Å². The molecule has 0 saturated carbocycles. The zero-order chi connectivity index (χ0) is 14.8. The molecule has 0 saturated heterocycles. The quantitative estimate of drug-likeness (QED) is 0.781. The molecule has 0 amide bonds. The van der Waals surface area contributed by atoms with Gasteiger partial charge in [-0.1, -0.05) is 41.4 Å². The van der Waals surface area contributed by atoms with Crippen LogP contribution in [0.3, 0.4) is 0 Å². The van der Waals surface area contributed by atoms with E-state index in [9.17, 15) is 5.11 Å². The summed E-state index contributed by atoms with van der Waals surface area (Å²) in [5, 5.41) is 26.3. The molecule has 0 aliphatic carbocycles. The molecule has 0 spiro atoms. The predicted molar refractivity (Wildman–Crippen MR) is 80.2 cm³/mol. The van der Waals surface area contributed by atoms with E-state index in [0.29, 0.717) is 22.0 Å². The minimum atomic E-state index is -0.0482. The van der Waals surface area contributed by atoms with Gasteiger partial charge in [0.1, 0.15) is 5.75 Å². The summed E-state index contributed by atoms with van der Waals surface area (Å²) in [5.41, 5.74) is 1.11. The Morgan fingerprint density at radius 2 is 1.29 bits per heavy atom. The molecule has 1 N–H and O–H groups in total. The minimum Gasteiger partial charge on any atom is -0.506 e. The van der Waals surface area contributed by atoms with Crippen molar-refractivity contribution in [2.45, 2.75) is 0 Å². The number of benzene rings is 2. The first kappa shape index (κ1) is 13.7. The Kier molecular flexibility index (Phi) is 3.68. The topological polar surface area (TPSA) is 71.8 Å². The minimum absolute atomic E-state index is 0.0482. The van der Waals surface area contributed by atoms with E-state index < -0.39 is 0 Å². The van der Waals surface area contributed by atoms with E-state index in [0.717, 1.165) is 0 Å². The van der Waals surface area contributed by atoms with Crippen molar-refractivity contribution in [1.29, 1.82) is 0 Å². The number of nitrogens with zero attached hydrogens (tertiary/aromatic N) is 4. The number of aromatic hydroxyl groups is 1. The Hall–Kier alpha value is -2.24. The highest BCUT2D eigenvalue weighted by molar-refractivity contribution is 6.34. The van der Waals surface area contributed by atoms with Crippen LogP contribution in [0.1, 0.15) is 0 Å². The van der Waals surface area contributed by atoms with Crippen LogP contribution in [0.25, 0.3) is 22.8 Å². The van der Waals surface area contributed by atoms with Crippen molar-refractivity contribution in [2.75, 3.05) is 0 Å². The molecule has 3 aromatic rings. The van der Waals surface area contributed by atoms with Crippen molar-refractivity contribution in [1.82, 2.24) is 20.4 Å². The standard InChI is InChI=1S/C14H8Cl2N4O/c15-10-6-2-1-4-8(10)13-17-19-14(20-18-13)9-5-3-7-11(21)12(9)16/h1-7,21H. The van der Waals surface area contributed by atoms with Gasteiger partial charge in [-0.25, -0.2) is 0 Å². The van der Waals surface area contributed by atoms with Gasteiger partial charge in [0.25, 0.3) is 0 Å². The van der Waals surface area contributed by atoms with Crippen LogP contribution >= 0.6 is 23.2 Å². The van der Waals surface area contributed by atoms with Crippen molar-refractivity contribution in [3.8, 4) is 28.5 Å². The molecule has 1 aromatic heterocycles. The normalized spacial score (nSPS) is 10.6. The maximum Gasteiger partial charge on any atom is 0.205 e. The lowest BCUT2D eigenvalue weighted by atomic mass is 10.2. The largest absolute Gasteiger partial charge is 0.506 e. The van der Waals surface area contributed by atoms with E-state index in [2.05, 4.69) is 20.4 Å². The molecule has 5 nitrogen and oxygen atoms in total. The van der Waals surface area contributed by atoms with Gasteiger partial charge in [0, 0.05) is 11.1 Å². The van der Waals surface area contributed by atoms with Crippen LogP contribution in [0.5, 0.6) is 5.75 Å². The second kappa shape index (κ2) is 5.63. The number of hydrogen-bond donors (Lipinski definition) is 1. The van der Waals surface area contributed by atoms with E-state index in [1.165, 1.54) is 6.07 Å². The first-order valence-electron chi connectivity index (χ1n) is 5.97. The summed E-state index contributed by atoms with van der Waals surface area (Å²) >= 11 is 12.1. The summed E-state index contributed by atoms with van der Waals surface area (Å²) in [7, 11) is 0. The average Bonchev–Trinajstić information content (AvgIpc) is 2.51. The van der Waals surface area contributed by atoms with Crippen molar-refractivity contribution in [3.05, 3.63) is 52.5 Å². The SMILES string of the molecule is Oc1cccc(-c2nnc(-c3ccccc3Cl)nn2)c1Cl. The first-order valence-corrected chi connectivity index (χ1v) is 6.72. The molecule has 0 unspecified atom stereocenters. The number of aromatic nitrogens is 4. The van der Waals surface area contributed by atoms with Crippen LogP contribution in [0.4, 0.5) is 0 Å². The molecule has 0 fully saturated rings. The highest BCUT2D eigenvalue weighted by atomic mass is 35.5. The highest BCUT2D eigenvalue weighted by Gasteiger charge is 2.13. The Morgan fingerprint density at radius 1 is 0.714 bits per heavy atom. The van der Waals surface area contributed by atoms with Crippen molar-refractivity contribution in [2.24, 2.45) is 0 Å². The lowest BCUT2D eigenvalue weighted by molar-refractivity contribution is 0.476. The molecule has 21 heavy (non-hydrogen) atoms. The Bertz CT molecular complexity index is 793. The van der Waals surface area contributed by atoms with Gasteiger partial charge in [0.2, 0.25) is 11.6 Å². The molecule has 0 radical (unpaired) electrons. The third kappa shape index (κ3) is 2.66. The zero-order valence-corrected chi connectivity index (χ0v) is 12.0. The van der Waals surface area contributed by atoms with Crippen LogP contribution in [-0.2, 0) is 0 Å². The highest BCUT2D eigenvalue weighted by Crippen LogP contribution is 2.32. The first-order chi connectivity index (χ1) is 10.2. The smallest absolute Gasteiger partial charge is 0.205 e. The molecule has 0 bridgehead atoms. The summed E-state index contributed by atoms with van der Waals surface area (Å²) in [6, 6.07) is 11.9. The van der Waals surface area contributed by atoms with Crippen LogP contribution in [0, 0.1) is 0 Å². The maximum absolute atomic E-state index is 9.58. The predicted octanol–water partition coefficient (Wildman–Crippen LogP) is 3.61. The summed E-state index contributed by atoms with van der Waals surface area (Å²) in [5.74, 6) is 0.500. The third-order valence-corrected chi connectivity index (χ3v) is 3.54. The van der Waals surface area contributed by atoms with E-state index in [1.54, 1.807) is 24.3 Å². The van der Waals surface area contributed by atoms with Gasteiger partial charge in [-0.3, -0.25) is 0 Å². The van der Waals surface area contributed by atoms with Gasteiger partial charge in [-0.05, 0) is 24.3 Å². The summed E-state index contributed by atoms with van der Waals surface area (Å²) in [4.78, 5) is 0. The van der Waals surface area contributed by atoms with Gasteiger partial charge < -0.3 is 5.11 Å². The number of hydrogen-bond acceptors (Lipinski definition) is 5. The van der Waals surface area contributed by atoms with Crippen LogP contribution in [0.15, 0.2) is 42.5 Å². The van der Waals surface area contributed by atoms with Gasteiger partial charge in [0.05, 0.1) is 10.0 Å². The van der Waals surface area contributed by atoms with Crippen LogP contribution in [0.2, 0.25) is 10.0 Å². The monoisotopic (exact) mass is 318 g/mol. The molecule has 7 heteroatoms. The molecule has 1 heterocycles. The van der Waals surface area contributed by atoms with E-state index in [1.807, 2.05) is 12.1 Å². The molecule has 0 aliphatic heterocycles. The van der Waals surface area contributed by atoms with Crippen molar-refractivity contribution in [3.63, 3.8) is 0 Å². The number of phenolic OH excluding ortho intramolecular Hbond substituents is 1. The summed E-state index contributed by atoms with van der Waals surface area (Å²) < 4.78 is 0. The Labute approximate surface area is 130 Å². The lowest BCUT2D eigenvalue weighted by Crippen LogP contribution is -2.00. The van der Waals surface area contributed by atoms with E-state index in [4.69, 9.17) is 23.2 Å². The Balaban J connectivity index is 2.02. The average molecular weight is 319 g/mol. The molecule has 0 aliphatic rings. The van der Waals surface area contributed by atoms with Gasteiger partial charge in [-0.15, -0.1) is 20.4 Å². The summed E-state index contributed by atoms with van der Waals surface area (Å²) in [6.45, 7) is 0. The molecule has 0 atom stereocenters. The second-order valence-electron chi connectivity index (χ2n) is 4.17. The molecular weight excluding hydrogens is 311 g/mol.